The van der Waals surface area contributed by atoms with Crippen molar-refractivity contribution in [2.75, 3.05) is 5.75 Å². The average Bonchev–Trinajstić information content (AvgIpc) is 3.00. The number of hydrogen-bond acceptors (Lipinski definition) is 5. The average molecular weight is 290 g/mol. The molecule has 0 unspecified atom stereocenters. The van der Waals surface area contributed by atoms with Gasteiger partial charge in [0.05, 0.1) is 0 Å². The molecule has 0 saturated carbocycles. The monoisotopic (exact) mass is 290 g/mol. The maximum Gasteiger partial charge on any atom is 0.195 e. The number of para-hydroxylation sites is 2. The summed E-state index contributed by atoms with van der Waals surface area (Å²) < 4.78 is 6.84. The number of thiazole rings is 1. The first-order valence-electron chi connectivity index (χ1n) is 6.20. The summed E-state index contributed by atoms with van der Waals surface area (Å²) >= 11 is 3.52. The summed E-state index contributed by atoms with van der Waals surface area (Å²) in [6, 6.07) is 7.89. The minimum atomic E-state index is 0.831. The molecule has 3 rings (SSSR count). The van der Waals surface area contributed by atoms with E-state index in [2.05, 4.69) is 15.3 Å². The summed E-state index contributed by atoms with van der Waals surface area (Å²) in [4.78, 5) is 8.90. The third-order valence-electron chi connectivity index (χ3n) is 2.70. The molecule has 0 aliphatic heterocycles. The Balaban J connectivity index is 1.52. The summed E-state index contributed by atoms with van der Waals surface area (Å²) in [7, 11) is 0. The maximum atomic E-state index is 5.69. The van der Waals surface area contributed by atoms with Gasteiger partial charge < -0.3 is 4.42 Å². The second-order valence-electron chi connectivity index (χ2n) is 4.28. The van der Waals surface area contributed by atoms with Gasteiger partial charge in [0.25, 0.3) is 0 Å². The molecule has 5 heteroatoms. The van der Waals surface area contributed by atoms with Crippen LogP contribution in [0.25, 0.3) is 11.1 Å². The zero-order valence-corrected chi connectivity index (χ0v) is 12.3. The highest BCUT2D eigenvalue weighted by atomic mass is 32.2. The molecule has 0 amide bonds. The molecule has 0 saturated heterocycles. The van der Waals surface area contributed by atoms with Crippen LogP contribution < -0.4 is 0 Å². The molecular weight excluding hydrogens is 276 g/mol. The van der Waals surface area contributed by atoms with Gasteiger partial charge in [-0.2, -0.15) is 0 Å². The Morgan fingerprint density at radius 2 is 2.16 bits per heavy atom. The lowest BCUT2D eigenvalue weighted by Gasteiger charge is -1.95. The molecule has 0 aliphatic rings. The van der Waals surface area contributed by atoms with E-state index in [1.54, 1.807) is 23.1 Å². The third-order valence-corrected chi connectivity index (χ3v) is 4.92. The first kappa shape index (κ1) is 12.7. The Hall–Kier alpha value is -1.33. The van der Waals surface area contributed by atoms with Gasteiger partial charge in [-0.1, -0.05) is 23.9 Å². The van der Waals surface area contributed by atoms with Crippen molar-refractivity contribution in [1.82, 2.24) is 9.97 Å². The van der Waals surface area contributed by atoms with E-state index >= 15 is 0 Å². The number of fused-ring (bicyclic) bond motifs is 1. The molecule has 1 aromatic carbocycles. The van der Waals surface area contributed by atoms with Gasteiger partial charge in [-0.05, 0) is 25.5 Å². The normalized spacial score (nSPS) is 11.2. The number of hydrogen-bond donors (Lipinski definition) is 0. The number of aryl methyl sites for hydroxylation is 2. The molecule has 0 bridgehead atoms. The van der Waals surface area contributed by atoms with Crippen LogP contribution in [0, 0.1) is 6.92 Å². The summed E-state index contributed by atoms with van der Waals surface area (Å²) in [6.07, 6.45) is 1.93. The summed E-state index contributed by atoms with van der Waals surface area (Å²) in [5.74, 6) is 1.88. The Morgan fingerprint density at radius 3 is 2.95 bits per heavy atom. The summed E-state index contributed by atoms with van der Waals surface area (Å²) in [5.41, 5.74) is 2.92. The molecular formula is C14H14N2OS2. The van der Waals surface area contributed by atoms with Crippen LogP contribution in [0.5, 0.6) is 0 Å². The summed E-state index contributed by atoms with van der Waals surface area (Å²) in [5, 5.41) is 2.09. The van der Waals surface area contributed by atoms with Gasteiger partial charge in [-0.3, -0.25) is 0 Å². The molecule has 0 spiro atoms. The first-order chi connectivity index (χ1) is 9.31. The lowest BCUT2D eigenvalue weighted by Crippen LogP contribution is -1.87. The first-order valence-corrected chi connectivity index (χ1v) is 8.07. The minimum absolute atomic E-state index is 0.831. The number of benzene rings is 1. The van der Waals surface area contributed by atoms with E-state index in [9.17, 15) is 0 Å². The second kappa shape index (κ2) is 5.75. The molecule has 98 valence electrons. The van der Waals surface area contributed by atoms with E-state index in [4.69, 9.17) is 4.42 Å². The quantitative estimate of drug-likeness (QED) is 0.518. The molecule has 2 aromatic heterocycles. The second-order valence-corrected chi connectivity index (χ2v) is 6.48. The lowest BCUT2D eigenvalue weighted by atomic mass is 10.3. The minimum Gasteiger partial charge on any atom is -0.441 e. The molecule has 0 fully saturated rings. The predicted molar refractivity (Wildman–Crippen MR) is 79.9 cm³/mol. The highest BCUT2D eigenvalue weighted by molar-refractivity contribution is 8.00. The highest BCUT2D eigenvalue weighted by Gasteiger charge is 2.05. The molecule has 0 aliphatic carbocycles. The number of nitrogens with zero attached hydrogens (tertiary/aromatic N) is 2. The van der Waals surface area contributed by atoms with Gasteiger partial charge in [-0.15, -0.1) is 11.3 Å². The zero-order valence-electron chi connectivity index (χ0n) is 10.6. The zero-order chi connectivity index (χ0) is 13.1. The Labute approximate surface area is 120 Å². The fourth-order valence-corrected chi connectivity index (χ4v) is 3.67. The fraction of sp³-hybridized carbons (Fsp3) is 0.286. The summed E-state index contributed by atoms with van der Waals surface area (Å²) in [6.45, 7) is 2.03. The van der Waals surface area contributed by atoms with Gasteiger partial charge in [0.15, 0.2) is 11.5 Å². The number of rotatable bonds is 5. The third kappa shape index (κ3) is 3.16. The SMILES string of the molecule is Cc1csc(SCCCc2nc3ccccc3o2)n1. The van der Waals surface area contributed by atoms with E-state index in [1.165, 1.54) is 0 Å². The molecule has 3 aromatic rings. The van der Waals surface area contributed by atoms with Crippen molar-refractivity contribution in [3.8, 4) is 0 Å². The van der Waals surface area contributed by atoms with Crippen LogP contribution in [0.4, 0.5) is 0 Å². The van der Waals surface area contributed by atoms with E-state index < -0.39 is 0 Å². The maximum absolute atomic E-state index is 5.69. The van der Waals surface area contributed by atoms with Crippen molar-refractivity contribution in [3.63, 3.8) is 0 Å². The smallest absolute Gasteiger partial charge is 0.195 e. The molecule has 0 radical (unpaired) electrons. The van der Waals surface area contributed by atoms with Gasteiger partial charge in [-0.25, -0.2) is 9.97 Å². The highest BCUT2D eigenvalue weighted by Crippen LogP contribution is 2.23. The van der Waals surface area contributed by atoms with Crippen molar-refractivity contribution in [2.24, 2.45) is 0 Å². The number of aromatic nitrogens is 2. The molecule has 0 N–H and O–H groups in total. The van der Waals surface area contributed by atoms with Crippen LogP contribution in [0.2, 0.25) is 0 Å². The predicted octanol–water partition coefficient (Wildman–Crippen LogP) is 4.32. The van der Waals surface area contributed by atoms with Crippen molar-refractivity contribution in [2.45, 2.75) is 24.1 Å². The van der Waals surface area contributed by atoms with Crippen molar-refractivity contribution < 1.29 is 4.42 Å². The van der Waals surface area contributed by atoms with Gasteiger partial charge in [0.2, 0.25) is 0 Å². The van der Waals surface area contributed by atoms with E-state index in [-0.39, 0.29) is 0 Å². The van der Waals surface area contributed by atoms with Crippen LogP contribution in [0.1, 0.15) is 18.0 Å². The molecule has 0 atom stereocenters. The fourth-order valence-electron chi connectivity index (χ4n) is 1.81. The number of oxazole rings is 1. The van der Waals surface area contributed by atoms with E-state index in [1.807, 2.05) is 31.2 Å². The Bertz CT molecular complexity index is 642. The van der Waals surface area contributed by atoms with Crippen LogP contribution >= 0.6 is 23.1 Å². The van der Waals surface area contributed by atoms with E-state index in [0.717, 1.165) is 45.6 Å². The molecule has 3 nitrogen and oxygen atoms in total. The lowest BCUT2D eigenvalue weighted by molar-refractivity contribution is 0.526. The van der Waals surface area contributed by atoms with Gasteiger partial charge >= 0.3 is 0 Å². The van der Waals surface area contributed by atoms with Crippen LogP contribution in [-0.2, 0) is 6.42 Å². The number of thioether (sulfide) groups is 1. The van der Waals surface area contributed by atoms with Crippen molar-refractivity contribution >= 4 is 34.2 Å². The molecule has 19 heavy (non-hydrogen) atoms. The van der Waals surface area contributed by atoms with Gasteiger partial charge in [0.1, 0.15) is 9.86 Å². The standard InChI is InChI=1S/C14H14N2OS2/c1-10-9-19-14(15-10)18-8-4-7-13-16-11-5-2-3-6-12(11)17-13/h2-3,5-6,9H,4,7-8H2,1H3. The van der Waals surface area contributed by atoms with Crippen LogP contribution in [0.15, 0.2) is 38.4 Å². The molecule has 2 heterocycles. The van der Waals surface area contributed by atoms with Crippen molar-refractivity contribution in [1.29, 1.82) is 0 Å². The van der Waals surface area contributed by atoms with E-state index in [0.29, 0.717) is 0 Å². The van der Waals surface area contributed by atoms with Crippen molar-refractivity contribution in [3.05, 3.63) is 41.2 Å². The van der Waals surface area contributed by atoms with Crippen LogP contribution in [-0.4, -0.2) is 15.7 Å². The largest absolute Gasteiger partial charge is 0.441 e. The van der Waals surface area contributed by atoms with Crippen LogP contribution in [0.3, 0.4) is 0 Å². The van der Waals surface area contributed by atoms with Gasteiger partial charge in [0, 0.05) is 23.2 Å². The topological polar surface area (TPSA) is 38.9 Å². The Morgan fingerprint density at radius 1 is 1.26 bits per heavy atom. The Kier molecular flexibility index (Phi) is 3.84.